The normalized spacial score (nSPS) is 10.9. The van der Waals surface area contributed by atoms with Crippen molar-refractivity contribution < 1.29 is 9.21 Å². The van der Waals surface area contributed by atoms with Crippen LogP contribution in [-0.2, 0) is 6.42 Å². The molecule has 0 aliphatic rings. The number of thiazole rings is 1. The van der Waals surface area contributed by atoms with Crippen LogP contribution in [0.25, 0.3) is 11.3 Å². The Morgan fingerprint density at radius 2 is 1.76 bits per heavy atom. The molecule has 146 valence electrons. The first kappa shape index (κ1) is 20.0. The highest BCUT2D eigenvalue weighted by Crippen LogP contribution is 2.32. The van der Waals surface area contributed by atoms with Crippen molar-refractivity contribution in [3.05, 3.63) is 92.1 Å². The van der Waals surface area contributed by atoms with Crippen LogP contribution in [0.4, 0.5) is 5.13 Å². The van der Waals surface area contributed by atoms with Gasteiger partial charge in [0.2, 0.25) is 0 Å². The van der Waals surface area contributed by atoms with Gasteiger partial charge in [-0.15, -0.1) is 11.3 Å². The monoisotopic (exact) mass is 462 g/mol. The maximum atomic E-state index is 12.5. The Balaban J connectivity index is 1.44. The van der Waals surface area contributed by atoms with E-state index in [1.54, 1.807) is 36.5 Å². The highest BCUT2D eigenvalue weighted by Gasteiger charge is 2.16. The molecular weight excluding hydrogens is 451 g/mol. The number of hydrogen-bond acceptors (Lipinski definition) is 4. The molecule has 4 nitrogen and oxygen atoms in total. The van der Waals surface area contributed by atoms with Crippen LogP contribution in [0, 0.1) is 0 Å². The molecule has 4 rings (SSSR count). The fourth-order valence-corrected chi connectivity index (χ4v) is 4.17. The topological polar surface area (TPSA) is 55.1 Å². The molecule has 0 saturated heterocycles. The standard InChI is InChI=1S/C21H13Cl3N2O2S/c22-13-3-1-12(2-4-13)9-15-11-25-21(29-15)26-20(27)19-8-7-18(28-19)16-6-5-14(23)10-17(16)24/h1-8,10-11H,9H2,(H,25,26,27). The van der Waals surface area contributed by atoms with Crippen LogP contribution in [0.5, 0.6) is 0 Å². The first-order chi connectivity index (χ1) is 14.0. The Labute approximate surface area is 186 Å². The number of hydrogen-bond donors (Lipinski definition) is 1. The van der Waals surface area contributed by atoms with Gasteiger partial charge < -0.3 is 4.42 Å². The molecule has 8 heteroatoms. The lowest BCUT2D eigenvalue weighted by atomic mass is 10.1. The SMILES string of the molecule is O=C(Nc1ncc(Cc2ccc(Cl)cc2)s1)c1ccc(-c2ccc(Cl)cc2Cl)o1. The lowest BCUT2D eigenvalue weighted by molar-refractivity contribution is 0.0997. The van der Waals surface area contributed by atoms with Crippen molar-refractivity contribution in [1.82, 2.24) is 4.98 Å². The van der Waals surface area contributed by atoms with Crippen LogP contribution in [-0.4, -0.2) is 10.9 Å². The zero-order valence-corrected chi connectivity index (χ0v) is 17.9. The van der Waals surface area contributed by atoms with Crippen molar-refractivity contribution in [3.63, 3.8) is 0 Å². The molecule has 2 aromatic carbocycles. The van der Waals surface area contributed by atoms with Crippen LogP contribution in [0.1, 0.15) is 21.0 Å². The predicted molar refractivity (Wildman–Crippen MR) is 118 cm³/mol. The third-order valence-corrected chi connectivity index (χ3v) is 5.80. The number of nitrogens with zero attached hydrogens (tertiary/aromatic N) is 1. The van der Waals surface area contributed by atoms with Gasteiger partial charge in [0.1, 0.15) is 5.76 Å². The largest absolute Gasteiger partial charge is 0.451 e. The van der Waals surface area contributed by atoms with Gasteiger partial charge >= 0.3 is 0 Å². The highest BCUT2D eigenvalue weighted by atomic mass is 35.5. The second-order valence-corrected chi connectivity index (χ2v) is 8.57. The van der Waals surface area contributed by atoms with Gasteiger partial charge in [0.25, 0.3) is 5.91 Å². The molecule has 0 spiro atoms. The summed E-state index contributed by atoms with van der Waals surface area (Å²) < 4.78 is 5.66. The lowest BCUT2D eigenvalue weighted by Crippen LogP contribution is -2.10. The maximum Gasteiger partial charge on any atom is 0.293 e. The number of aromatic nitrogens is 1. The van der Waals surface area contributed by atoms with E-state index in [0.717, 1.165) is 10.4 Å². The number of anilines is 1. The summed E-state index contributed by atoms with van der Waals surface area (Å²) in [4.78, 5) is 17.8. The summed E-state index contributed by atoms with van der Waals surface area (Å²) >= 11 is 19.4. The first-order valence-corrected chi connectivity index (χ1v) is 10.5. The molecule has 0 radical (unpaired) electrons. The molecule has 29 heavy (non-hydrogen) atoms. The van der Waals surface area contributed by atoms with Crippen molar-refractivity contribution in [2.45, 2.75) is 6.42 Å². The average Bonchev–Trinajstić information content (AvgIpc) is 3.33. The van der Waals surface area contributed by atoms with E-state index in [9.17, 15) is 4.79 Å². The summed E-state index contributed by atoms with van der Waals surface area (Å²) in [6, 6.07) is 16.0. The van der Waals surface area contributed by atoms with Crippen molar-refractivity contribution >= 4 is 57.2 Å². The molecule has 0 bridgehead atoms. The Morgan fingerprint density at radius 1 is 1.00 bits per heavy atom. The Morgan fingerprint density at radius 3 is 2.52 bits per heavy atom. The number of nitrogens with one attached hydrogen (secondary N) is 1. The molecule has 2 heterocycles. The number of furan rings is 1. The second kappa shape index (κ2) is 8.59. The summed E-state index contributed by atoms with van der Waals surface area (Å²) in [5.74, 6) is 0.272. The molecule has 0 atom stereocenters. The molecule has 4 aromatic rings. The molecule has 0 aliphatic heterocycles. The molecule has 0 aliphatic carbocycles. The second-order valence-electron chi connectivity index (χ2n) is 6.18. The molecule has 0 unspecified atom stereocenters. The Bertz CT molecular complexity index is 1170. The van der Waals surface area contributed by atoms with E-state index in [1.165, 1.54) is 11.3 Å². The number of amides is 1. The van der Waals surface area contributed by atoms with Gasteiger partial charge in [0.05, 0.1) is 5.02 Å². The van der Waals surface area contributed by atoms with Gasteiger partial charge in [-0.2, -0.15) is 0 Å². The van der Waals surface area contributed by atoms with Crippen molar-refractivity contribution in [2.75, 3.05) is 5.32 Å². The molecule has 1 N–H and O–H groups in total. The molecule has 0 saturated carbocycles. The van der Waals surface area contributed by atoms with Gasteiger partial charge in [0, 0.05) is 33.1 Å². The van der Waals surface area contributed by atoms with Gasteiger partial charge in [-0.3, -0.25) is 10.1 Å². The summed E-state index contributed by atoms with van der Waals surface area (Å²) in [6.07, 6.45) is 2.46. The molecule has 2 aromatic heterocycles. The minimum Gasteiger partial charge on any atom is -0.451 e. The number of benzene rings is 2. The molecule has 0 fully saturated rings. The summed E-state index contributed by atoms with van der Waals surface area (Å²) in [6.45, 7) is 0. The maximum absolute atomic E-state index is 12.5. The van der Waals surface area contributed by atoms with E-state index in [4.69, 9.17) is 39.2 Å². The van der Waals surface area contributed by atoms with Gasteiger partial charge in [-0.05, 0) is 48.0 Å². The lowest BCUT2D eigenvalue weighted by Gasteiger charge is -2.02. The third kappa shape index (κ3) is 4.82. The van der Waals surface area contributed by atoms with Gasteiger partial charge in [-0.25, -0.2) is 4.98 Å². The van der Waals surface area contributed by atoms with E-state index in [0.29, 0.717) is 37.9 Å². The Hall–Kier alpha value is -2.31. The number of carbonyl (C=O) groups excluding carboxylic acids is 1. The van der Waals surface area contributed by atoms with Crippen LogP contribution in [0.2, 0.25) is 15.1 Å². The number of carbonyl (C=O) groups is 1. The van der Waals surface area contributed by atoms with Gasteiger partial charge in [0.15, 0.2) is 10.9 Å². The fraction of sp³-hybridized carbons (Fsp3) is 0.0476. The average molecular weight is 464 g/mol. The number of halogens is 3. The van der Waals surface area contributed by atoms with Crippen LogP contribution < -0.4 is 5.32 Å². The van der Waals surface area contributed by atoms with Gasteiger partial charge in [-0.1, -0.05) is 46.9 Å². The van der Waals surface area contributed by atoms with Crippen molar-refractivity contribution in [3.8, 4) is 11.3 Å². The van der Waals surface area contributed by atoms with E-state index in [2.05, 4.69) is 10.3 Å². The molecule has 1 amide bonds. The van der Waals surface area contributed by atoms with E-state index in [1.807, 2.05) is 24.3 Å². The van der Waals surface area contributed by atoms with E-state index in [-0.39, 0.29) is 11.7 Å². The van der Waals surface area contributed by atoms with Crippen LogP contribution in [0.15, 0.2) is 65.2 Å². The quantitative estimate of drug-likeness (QED) is 0.340. The zero-order valence-electron chi connectivity index (χ0n) is 14.8. The highest BCUT2D eigenvalue weighted by molar-refractivity contribution is 7.15. The van der Waals surface area contributed by atoms with Crippen LogP contribution >= 0.6 is 46.1 Å². The minimum atomic E-state index is -0.381. The Kier molecular flexibility index (Phi) is 5.92. The molecular formula is C21H13Cl3N2O2S. The summed E-state index contributed by atoms with van der Waals surface area (Å²) in [5.41, 5.74) is 1.78. The number of rotatable bonds is 5. The van der Waals surface area contributed by atoms with E-state index >= 15 is 0 Å². The van der Waals surface area contributed by atoms with Crippen LogP contribution in [0.3, 0.4) is 0 Å². The fourth-order valence-electron chi connectivity index (χ4n) is 2.70. The smallest absolute Gasteiger partial charge is 0.293 e. The van der Waals surface area contributed by atoms with Crippen molar-refractivity contribution in [2.24, 2.45) is 0 Å². The predicted octanol–water partition coefficient (Wildman–Crippen LogP) is 7.21. The first-order valence-electron chi connectivity index (χ1n) is 8.54. The van der Waals surface area contributed by atoms with Crippen molar-refractivity contribution in [1.29, 1.82) is 0 Å². The minimum absolute atomic E-state index is 0.167. The zero-order chi connectivity index (χ0) is 20.4. The summed E-state index contributed by atoms with van der Waals surface area (Å²) in [5, 5.41) is 4.94. The third-order valence-electron chi connectivity index (χ3n) is 4.09. The summed E-state index contributed by atoms with van der Waals surface area (Å²) in [7, 11) is 0. The van der Waals surface area contributed by atoms with E-state index < -0.39 is 0 Å².